The monoisotopic (exact) mass is 258 g/mol. The van der Waals surface area contributed by atoms with Crippen LogP contribution in [0.1, 0.15) is 27.2 Å². The van der Waals surface area contributed by atoms with Gasteiger partial charge >= 0.3 is 11.9 Å². The largest absolute Gasteiger partial charge is 0.460 e. The summed E-state index contributed by atoms with van der Waals surface area (Å²) in [6, 6.07) is 0. The maximum atomic E-state index is 10.9. The molecule has 0 rings (SSSR count). The van der Waals surface area contributed by atoms with Gasteiger partial charge in [-0.15, -0.1) is 0 Å². The molecule has 0 saturated carbocycles. The predicted octanol–water partition coefficient (Wildman–Crippen LogP) is 1.61. The molecule has 0 aliphatic rings. The van der Waals surface area contributed by atoms with E-state index in [4.69, 9.17) is 0 Å². The lowest BCUT2D eigenvalue weighted by Gasteiger charge is -2.10. The van der Waals surface area contributed by atoms with E-state index in [0.29, 0.717) is 0 Å². The lowest BCUT2D eigenvalue weighted by atomic mass is 10.3. The van der Waals surface area contributed by atoms with Gasteiger partial charge in [0.2, 0.25) is 0 Å². The molecule has 0 aliphatic carbocycles. The Hall–Kier alpha value is -1.62. The molecule has 18 heavy (non-hydrogen) atoms. The molecule has 0 aromatic rings. The van der Waals surface area contributed by atoms with Gasteiger partial charge in [-0.3, -0.25) is 0 Å². The van der Waals surface area contributed by atoms with Crippen molar-refractivity contribution in [2.24, 2.45) is 0 Å². The number of aliphatic hydroxyl groups excluding tert-OH is 1. The summed E-state index contributed by atoms with van der Waals surface area (Å²) in [7, 11) is 0. The lowest BCUT2D eigenvalue weighted by Crippen LogP contribution is -2.25. The third-order valence-electron chi connectivity index (χ3n) is 1.34. The lowest BCUT2D eigenvalue weighted by molar-refractivity contribution is -0.146. The van der Waals surface area contributed by atoms with Crippen LogP contribution in [0.15, 0.2) is 24.8 Å². The average Bonchev–Trinajstić information content (AvgIpc) is 2.33. The molecule has 0 aliphatic heterocycles. The standard InChI is InChI=1S/C10H14O5.C3H8/c1-4-9(12)14-5-8(11)6-15-10(13)7(2)3;1-3-2/h4,8,11H,1-2,5-6H2,3H3;3H2,1-2H3. The third kappa shape index (κ3) is 12.4. The Labute approximate surface area is 108 Å². The highest BCUT2D eigenvalue weighted by molar-refractivity contribution is 5.86. The Morgan fingerprint density at radius 1 is 1.28 bits per heavy atom. The molecule has 0 aromatic carbocycles. The van der Waals surface area contributed by atoms with Gasteiger partial charge in [-0.1, -0.05) is 33.4 Å². The van der Waals surface area contributed by atoms with Gasteiger partial charge in [0.15, 0.2) is 0 Å². The van der Waals surface area contributed by atoms with Crippen LogP contribution >= 0.6 is 0 Å². The molecule has 0 saturated heterocycles. The van der Waals surface area contributed by atoms with Crippen molar-refractivity contribution in [1.29, 1.82) is 0 Å². The van der Waals surface area contributed by atoms with Crippen LogP contribution in [0, 0.1) is 0 Å². The molecule has 5 heteroatoms. The first-order chi connectivity index (χ1) is 8.38. The van der Waals surface area contributed by atoms with Crippen LogP contribution in [0.5, 0.6) is 0 Å². The fraction of sp³-hybridized carbons (Fsp3) is 0.538. The zero-order chi connectivity index (χ0) is 14.6. The van der Waals surface area contributed by atoms with E-state index >= 15 is 0 Å². The number of ether oxygens (including phenoxy) is 2. The normalized spacial score (nSPS) is 10.4. The van der Waals surface area contributed by atoms with Crippen molar-refractivity contribution in [3.05, 3.63) is 24.8 Å². The maximum Gasteiger partial charge on any atom is 0.333 e. The molecule has 0 amide bonds. The molecule has 1 atom stereocenters. The maximum absolute atomic E-state index is 10.9. The van der Waals surface area contributed by atoms with Gasteiger partial charge in [-0.2, -0.15) is 0 Å². The summed E-state index contributed by atoms with van der Waals surface area (Å²) >= 11 is 0. The Bertz CT molecular complexity index is 283. The number of esters is 2. The van der Waals surface area contributed by atoms with E-state index in [0.717, 1.165) is 6.08 Å². The van der Waals surface area contributed by atoms with Crippen LogP contribution in [0.3, 0.4) is 0 Å². The van der Waals surface area contributed by atoms with Crippen molar-refractivity contribution in [2.45, 2.75) is 33.3 Å². The summed E-state index contributed by atoms with van der Waals surface area (Å²) in [5.74, 6) is -1.23. The molecule has 5 nitrogen and oxygen atoms in total. The van der Waals surface area contributed by atoms with E-state index in [1.54, 1.807) is 0 Å². The predicted molar refractivity (Wildman–Crippen MR) is 68.9 cm³/mol. The highest BCUT2D eigenvalue weighted by Crippen LogP contribution is 1.95. The number of hydrogen-bond acceptors (Lipinski definition) is 5. The summed E-state index contributed by atoms with van der Waals surface area (Å²) in [6.45, 7) is 11.8. The van der Waals surface area contributed by atoms with Gasteiger partial charge in [0.1, 0.15) is 19.3 Å². The zero-order valence-electron chi connectivity index (χ0n) is 11.3. The Balaban J connectivity index is 0. The minimum absolute atomic E-state index is 0.240. The fourth-order valence-corrected chi connectivity index (χ4v) is 0.580. The van der Waals surface area contributed by atoms with Crippen LogP contribution in [0.2, 0.25) is 0 Å². The van der Waals surface area contributed by atoms with Gasteiger partial charge in [-0.05, 0) is 6.92 Å². The van der Waals surface area contributed by atoms with Crippen molar-refractivity contribution in [1.82, 2.24) is 0 Å². The fourth-order valence-electron chi connectivity index (χ4n) is 0.580. The third-order valence-corrected chi connectivity index (χ3v) is 1.34. The van der Waals surface area contributed by atoms with Gasteiger partial charge in [0, 0.05) is 11.6 Å². The van der Waals surface area contributed by atoms with Crippen molar-refractivity contribution >= 4 is 11.9 Å². The van der Waals surface area contributed by atoms with Gasteiger partial charge in [0.05, 0.1) is 0 Å². The summed E-state index contributed by atoms with van der Waals surface area (Å²) in [4.78, 5) is 21.5. The molecule has 1 unspecified atom stereocenters. The quantitative estimate of drug-likeness (QED) is 0.579. The van der Waals surface area contributed by atoms with E-state index in [1.165, 1.54) is 13.3 Å². The van der Waals surface area contributed by atoms with Gasteiger partial charge in [-0.25, -0.2) is 9.59 Å². The van der Waals surface area contributed by atoms with Crippen molar-refractivity contribution in [2.75, 3.05) is 13.2 Å². The second-order valence-electron chi connectivity index (χ2n) is 3.57. The van der Waals surface area contributed by atoms with Gasteiger partial charge in [0.25, 0.3) is 0 Å². The highest BCUT2D eigenvalue weighted by atomic mass is 16.6. The minimum atomic E-state index is -1.04. The average molecular weight is 258 g/mol. The number of aliphatic hydroxyl groups is 1. The first-order valence-electron chi connectivity index (χ1n) is 5.68. The Morgan fingerprint density at radius 2 is 1.72 bits per heavy atom. The first kappa shape index (κ1) is 18.7. The molecule has 104 valence electrons. The van der Waals surface area contributed by atoms with E-state index in [9.17, 15) is 14.7 Å². The number of hydrogen-bond donors (Lipinski definition) is 1. The molecule has 1 N–H and O–H groups in total. The number of carbonyl (C=O) groups excluding carboxylic acids is 2. The number of carbonyl (C=O) groups is 2. The van der Waals surface area contributed by atoms with Crippen molar-refractivity contribution in [3.8, 4) is 0 Å². The Kier molecular flexibility index (Phi) is 12.3. The summed E-state index contributed by atoms with van der Waals surface area (Å²) < 4.78 is 9.15. The van der Waals surface area contributed by atoms with Crippen molar-refractivity contribution in [3.63, 3.8) is 0 Å². The van der Waals surface area contributed by atoms with Crippen LogP contribution in [-0.4, -0.2) is 36.4 Å². The van der Waals surface area contributed by atoms with Gasteiger partial charge < -0.3 is 14.6 Å². The van der Waals surface area contributed by atoms with Crippen LogP contribution in [0.25, 0.3) is 0 Å². The molecule has 0 fully saturated rings. The summed E-state index contributed by atoms with van der Waals surface area (Å²) in [5, 5.41) is 9.21. The van der Waals surface area contributed by atoms with Crippen LogP contribution in [-0.2, 0) is 19.1 Å². The van der Waals surface area contributed by atoms with Crippen LogP contribution in [0.4, 0.5) is 0 Å². The second kappa shape index (κ2) is 11.9. The number of rotatable bonds is 6. The first-order valence-corrected chi connectivity index (χ1v) is 5.68. The van der Waals surface area contributed by atoms with E-state index < -0.39 is 18.0 Å². The van der Waals surface area contributed by atoms with E-state index in [-0.39, 0.29) is 18.8 Å². The second-order valence-corrected chi connectivity index (χ2v) is 3.57. The van der Waals surface area contributed by atoms with Crippen LogP contribution < -0.4 is 0 Å². The molecule has 0 heterocycles. The van der Waals surface area contributed by atoms with Crippen molar-refractivity contribution < 1.29 is 24.2 Å². The molecule has 0 bridgehead atoms. The summed E-state index contributed by atoms with van der Waals surface area (Å²) in [5.41, 5.74) is 0.241. The molecular weight excluding hydrogens is 236 g/mol. The topological polar surface area (TPSA) is 72.8 Å². The summed E-state index contributed by atoms with van der Waals surface area (Å²) in [6.07, 6.45) is 1.18. The van der Waals surface area contributed by atoms with E-state index in [1.807, 2.05) is 0 Å². The molecular formula is C13H22O5. The molecule has 0 spiro atoms. The Morgan fingerprint density at radius 3 is 2.11 bits per heavy atom. The SMILES string of the molecule is C=CC(=O)OCC(O)COC(=O)C(=C)C.CCC. The zero-order valence-corrected chi connectivity index (χ0v) is 11.3. The van der Waals surface area contributed by atoms with E-state index in [2.05, 4.69) is 36.5 Å². The minimum Gasteiger partial charge on any atom is -0.460 e. The molecule has 0 radical (unpaired) electrons. The highest BCUT2D eigenvalue weighted by Gasteiger charge is 2.10. The smallest absolute Gasteiger partial charge is 0.333 e. The molecule has 0 aromatic heterocycles.